The highest BCUT2D eigenvalue weighted by Crippen LogP contribution is 2.35. The summed E-state index contributed by atoms with van der Waals surface area (Å²) < 4.78 is 10.1. The van der Waals surface area contributed by atoms with Crippen LogP contribution in [0.25, 0.3) is 0 Å². The van der Waals surface area contributed by atoms with Gasteiger partial charge in [0.05, 0.1) is 26.7 Å². The number of rotatable bonds is 5. The molecule has 0 aromatic heterocycles. The molecule has 0 saturated carbocycles. The molecule has 1 rings (SSSR count). The first kappa shape index (κ1) is 12.3. The van der Waals surface area contributed by atoms with Gasteiger partial charge in [0, 0.05) is 5.56 Å². The highest BCUT2D eigenvalue weighted by Gasteiger charge is 2.19. The Morgan fingerprint density at radius 1 is 1.38 bits per heavy atom. The second-order valence-electron chi connectivity index (χ2n) is 3.20. The van der Waals surface area contributed by atoms with Crippen molar-refractivity contribution in [2.45, 2.75) is 12.5 Å². The third kappa shape index (κ3) is 2.64. The SMILES string of the molecule is COc1cccc([C@H](O)CC(=O)O)c1OC. The molecule has 0 aliphatic rings. The van der Waals surface area contributed by atoms with E-state index in [-0.39, 0.29) is 6.42 Å². The molecule has 88 valence electrons. The predicted octanol–water partition coefficient (Wildman–Crippen LogP) is 1.21. The van der Waals surface area contributed by atoms with Crippen LogP contribution in [0, 0.1) is 0 Å². The van der Waals surface area contributed by atoms with Gasteiger partial charge in [0.15, 0.2) is 11.5 Å². The molecule has 0 fully saturated rings. The molecule has 0 saturated heterocycles. The Morgan fingerprint density at radius 2 is 2.06 bits per heavy atom. The second kappa shape index (κ2) is 5.37. The molecular formula is C11H14O5. The van der Waals surface area contributed by atoms with Crippen molar-refractivity contribution in [3.63, 3.8) is 0 Å². The normalized spacial score (nSPS) is 11.9. The summed E-state index contributed by atoms with van der Waals surface area (Å²) in [6.07, 6.45) is -1.48. The lowest BCUT2D eigenvalue weighted by molar-refractivity contribution is -0.139. The third-order valence-corrected chi connectivity index (χ3v) is 2.16. The van der Waals surface area contributed by atoms with Gasteiger partial charge in [-0.25, -0.2) is 0 Å². The zero-order chi connectivity index (χ0) is 12.1. The number of para-hydroxylation sites is 1. The van der Waals surface area contributed by atoms with E-state index in [1.165, 1.54) is 14.2 Å². The van der Waals surface area contributed by atoms with Gasteiger partial charge in [-0.1, -0.05) is 12.1 Å². The first-order chi connectivity index (χ1) is 7.60. The topological polar surface area (TPSA) is 76.0 Å². The lowest BCUT2D eigenvalue weighted by atomic mass is 10.0. The predicted molar refractivity (Wildman–Crippen MR) is 56.8 cm³/mol. The van der Waals surface area contributed by atoms with Crippen molar-refractivity contribution in [1.29, 1.82) is 0 Å². The van der Waals surface area contributed by atoms with E-state index in [1.54, 1.807) is 18.2 Å². The van der Waals surface area contributed by atoms with E-state index >= 15 is 0 Å². The van der Waals surface area contributed by atoms with Crippen molar-refractivity contribution in [1.82, 2.24) is 0 Å². The molecule has 0 aliphatic carbocycles. The van der Waals surface area contributed by atoms with Crippen LogP contribution >= 0.6 is 0 Å². The molecule has 1 atom stereocenters. The standard InChI is InChI=1S/C11H14O5/c1-15-9-5-3-4-7(11(9)16-2)8(12)6-10(13)14/h3-5,8,12H,6H2,1-2H3,(H,13,14)/t8-/m1/s1. The summed E-state index contributed by atoms with van der Waals surface area (Å²) in [5.41, 5.74) is 0.407. The molecule has 0 amide bonds. The Hall–Kier alpha value is -1.75. The molecule has 2 N–H and O–H groups in total. The number of hydrogen-bond donors (Lipinski definition) is 2. The van der Waals surface area contributed by atoms with E-state index in [2.05, 4.69) is 0 Å². The minimum atomic E-state index is -1.11. The summed E-state index contributed by atoms with van der Waals surface area (Å²) in [6.45, 7) is 0. The molecule has 1 aromatic rings. The summed E-state index contributed by atoms with van der Waals surface area (Å²) in [6, 6.07) is 4.95. The average Bonchev–Trinajstić information content (AvgIpc) is 2.26. The number of hydrogen-bond acceptors (Lipinski definition) is 4. The van der Waals surface area contributed by atoms with E-state index in [4.69, 9.17) is 14.6 Å². The number of carboxylic acid groups (broad SMARTS) is 1. The van der Waals surface area contributed by atoms with E-state index in [0.717, 1.165) is 0 Å². The van der Waals surface area contributed by atoms with E-state index in [1.807, 2.05) is 0 Å². The van der Waals surface area contributed by atoms with E-state index in [0.29, 0.717) is 17.1 Å². The molecule has 0 radical (unpaired) electrons. The van der Waals surface area contributed by atoms with Gasteiger partial charge in [-0.2, -0.15) is 0 Å². The Bertz CT molecular complexity index is 375. The summed E-state index contributed by atoms with van der Waals surface area (Å²) in [4.78, 5) is 10.5. The highest BCUT2D eigenvalue weighted by atomic mass is 16.5. The van der Waals surface area contributed by atoms with Crippen LogP contribution in [-0.4, -0.2) is 30.4 Å². The Balaban J connectivity index is 3.07. The molecule has 0 heterocycles. The van der Waals surface area contributed by atoms with Gasteiger partial charge < -0.3 is 19.7 Å². The van der Waals surface area contributed by atoms with Crippen LogP contribution in [0.15, 0.2) is 18.2 Å². The number of aliphatic carboxylic acids is 1. The van der Waals surface area contributed by atoms with Gasteiger partial charge in [-0.3, -0.25) is 4.79 Å². The van der Waals surface area contributed by atoms with Crippen molar-refractivity contribution >= 4 is 5.97 Å². The maximum atomic E-state index is 10.5. The van der Waals surface area contributed by atoms with Crippen LogP contribution in [0.5, 0.6) is 11.5 Å². The lowest BCUT2D eigenvalue weighted by Gasteiger charge is -2.15. The minimum absolute atomic E-state index is 0.360. The Morgan fingerprint density at radius 3 is 2.56 bits per heavy atom. The summed E-state index contributed by atoms with van der Waals surface area (Å²) in [7, 11) is 2.92. The van der Waals surface area contributed by atoms with E-state index < -0.39 is 12.1 Å². The van der Waals surface area contributed by atoms with Gasteiger partial charge >= 0.3 is 5.97 Å². The number of aliphatic hydroxyl groups excluding tert-OH is 1. The van der Waals surface area contributed by atoms with Crippen molar-refractivity contribution in [3.05, 3.63) is 23.8 Å². The largest absolute Gasteiger partial charge is 0.493 e. The molecule has 0 aliphatic heterocycles. The number of methoxy groups -OCH3 is 2. The van der Waals surface area contributed by atoms with Crippen molar-refractivity contribution in [3.8, 4) is 11.5 Å². The maximum Gasteiger partial charge on any atom is 0.306 e. The molecule has 5 nitrogen and oxygen atoms in total. The molecule has 1 aromatic carbocycles. The average molecular weight is 226 g/mol. The van der Waals surface area contributed by atoms with Crippen LogP contribution in [0.4, 0.5) is 0 Å². The van der Waals surface area contributed by atoms with Crippen molar-refractivity contribution < 1.29 is 24.5 Å². The van der Waals surface area contributed by atoms with Crippen LogP contribution in [-0.2, 0) is 4.79 Å². The first-order valence-corrected chi connectivity index (χ1v) is 4.71. The zero-order valence-electron chi connectivity index (χ0n) is 9.14. The first-order valence-electron chi connectivity index (χ1n) is 4.71. The Kier molecular flexibility index (Phi) is 4.13. The number of ether oxygens (including phenoxy) is 2. The van der Waals surface area contributed by atoms with Crippen molar-refractivity contribution in [2.75, 3.05) is 14.2 Å². The van der Waals surface area contributed by atoms with Crippen LogP contribution in [0.2, 0.25) is 0 Å². The molecule has 0 bridgehead atoms. The fourth-order valence-electron chi connectivity index (χ4n) is 1.45. The number of aliphatic hydroxyl groups is 1. The fourth-order valence-corrected chi connectivity index (χ4v) is 1.45. The van der Waals surface area contributed by atoms with Crippen LogP contribution in [0.3, 0.4) is 0 Å². The van der Waals surface area contributed by atoms with Gasteiger partial charge in [-0.05, 0) is 6.07 Å². The quantitative estimate of drug-likeness (QED) is 0.789. The summed E-state index contributed by atoms with van der Waals surface area (Å²) in [5.74, 6) is -0.249. The number of carboxylic acids is 1. The van der Waals surface area contributed by atoms with Crippen LogP contribution in [0.1, 0.15) is 18.1 Å². The minimum Gasteiger partial charge on any atom is -0.493 e. The fraction of sp³-hybridized carbons (Fsp3) is 0.364. The smallest absolute Gasteiger partial charge is 0.306 e. The van der Waals surface area contributed by atoms with Gasteiger partial charge in [0.1, 0.15) is 0 Å². The molecular weight excluding hydrogens is 212 g/mol. The second-order valence-corrected chi connectivity index (χ2v) is 3.20. The molecule has 0 spiro atoms. The highest BCUT2D eigenvalue weighted by molar-refractivity contribution is 5.68. The summed E-state index contributed by atoms with van der Waals surface area (Å²) in [5, 5.41) is 18.3. The summed E-state index contributed by atoms with van der Waals surface area (Å²) >= 11 is 0. The molecule has 0 unspecified atom stereocenters. The maximum absolute atomic E-state index is 10.5. The zero-order valence-corrected chi connectivity index (χ0v) is 9.14. The van der Waals surface area contributed by atoms with Crippen molar-refractivity contribution in [2.24, 2.45) is 0 Å². The van der Waals surface area contributed by atoms with Gasteiger partial charge in [0.25, 0.3) is 0 Å². The van der Waals surface area contributed by atoms with E-state index in [9.17, 15) is 9.90 Å². The number of benzene rings is 1. The molecule has 16 heavy (non-hydrogen) atoms. The van der Waals surface area contributed by atoms with Gasteiger partial charge in [0.2, 0.25) is 0 Å². The lowest BCUT2D eigenvalue weighted by Crippen LogP contribution is -2.07. The number of carbonyl (C=O) groups is 1. The monoisotopic (exact) mass is 226 g/mol. The van der Waals surface area contributed by atoms with Crippen LogP contribution < -0.4 is 9.47 Å². The third-order valence-electron chi connectivity index (χ3n) is 2.16. The Labute approximate surface area is 93.2 Å². The van der Waals surface area contributed by atoms with Gasteiger partial charge in [-0.15, -0.1) is 0 Å². The molecule has 5 heteroatoms.